The van der Waals surface area contributed by atoms with E-state index in [0.717, 1.165) is 17.7 Å². The van der Waals surface area contributed by atoms with E-state index in [0.29, 0.717) is 31.7 Å². The van der Waals surface area contributed by atoms with Crippen molar-refractivity contribution < 1.29 is 9.59 Å². The Bertz CT molecular complexity index is 587. The van der Waals surface area contributed by atoms with Crippen molar-refractivity contribution in [3.05, 3.63) is 29.3 Å². The molecule has 0 unspecified atom stereocenters. The van der Waals surface area contributed by atoms with Crippen molar-refractivity contribution >= 4 is 17.6 Å². The predicted molar refractivity (Wildman–Crippen MR) is 80.4 cm³/mol. The summed E-state index contributed by atoms with van der Waals surface area (Å²) < 4.78 is 0. The lowest BCUT2D eigenvalue weighted by atomic mass is 10.0. The Morgan fingerprint density at radius 1 is 1.38 bits per heavy atom. The fourth-order valence-corrected chi connectivity index (χ4v) is 2.99. The third-order valence-electron chi connectivity index (χ3n) is 4.20. The van der Waals surface area contributed by atoms with Gasteiger partial charge in [0.05, 0.1) is 0 Å². The molecule has 6 heteroatoms. The zero-order chi connectivity index (χ0) is 15.0. The van der Waals surface area contributed by atoms with Crippen LogP contribution in [0.1, 0.15) is 22.3 Å². The Hall–Kier alpha value is -2.08. The van der Waals surface area contributed by atoms with E-state index < -0.39 is 0 Å². The van der Waals surface area contributed by atoms with Gasteiger partial charge in [-0.15, -0.1) is 0 Å². The largest absolute Gasteiger partial charge is 0.337 e. The van der Waals surface area contributed by atoms with Gasteiger partial charge in [0.1, 0.15) is 0 Å². The fraction of sp³-hybridized carbons (Fsp3) is 0.467. The molecule has 0 aromatic heterocycles. The molecule has 0 bridgehead atoms. The van der Waals surface area contributed by atoms with Crippen LogP contribution < -0.4 is 16.0 Å². The number of urea groups is 1. The smallest absolute Gasteiger partial charge is 0.322 e. The summed E-state index contributed by atoms with van der Waals surface area (Å²) in [5.74, 6) is 0.00176. The number of nitrogens with one attached hydrogen (secondary N) is 1. The highest BCUT2D eigenvalue weighted by Crippen LogP contribution is 2.26. The van der Waals surface area contributed by atoms with Crippen LogP contribution in [-0.2, 0) is 0 Å². The molecule has 0 spiro atoms. The van der Waals surface area contributed by atoms with E-state index >= 15 is 0 Å². The van der Waals surface area contributed by atoms with Gasteiger partial charge >= 0.3 is 6.03 Å². The predicted octanol–water partition coefficient (Wildman–Crippen LogP) is 0.698. The molecule has 2 saturated heterocycles. The number of carbonyl (C=O) groups excluding carboxylic acids is 2. The van der Waals surface area contributed by atoms with Gasteiger partial charge in [-0.3, -0.25) is 9.69 Å². The number of likely N-dealkylation sites (tertiary alicyclic amines) is 1. The number of benzene rings is 1. The number of hydrogen-bond donors (Lipinski definition) is 2. The van der Waals surface area contributed by atoms with Gasteiger partial charge in [0.2, 0.25) is 0 Å². The van der Waals surface area contributed by atoms with E-state index in [4.69, 9.17) is 5.73 Å². The lowest BCUT2D eigenvalue weighted by molar-refractivity contribution is 0.0790. The summed E-state index contributed by atoms with van der Waals surface area (Å²) >= 11 is 0. The number of carbonyl (C=O) groups is 2. The number of hydrogen-bond acceptors (Lipinski definition) is 3. The molecule has 3 amide bonds. The average molecular weight is 288 g/mol. The SMILES string of the molecule is Cc1c(C(=O)N2CC[C@@H](N)C2)cccc1N1CCNC1=O. The summed E-state index contributed by atoms with van der Waals surface area (Å²) in [6.45, 7) is 4.47. The Morgan fingerprint density at radius 2 is 2.19 bits per heavy atom. The van der Waals surface area contributed by atoms with Gasteiger partial charge < -0.3 is 16.0 Å². The maximum Gasteiger partial charge on any atom is 0.322 e. The lowest BCUT2D eigenvalue weighted by Crippen LogP contribution is -2.33. The molecule has 2 aliphatic rings. The molecule has 2 heterocycles. The number of amides is 3. The second-order valence-corrected chi connectivity index (χ2v) is 5.63. The van der Waals surface area contributed by atoms with Crippen LogP contribution in [0.3, 0.4) is 0 Å². The summed E-state index contributed by atoms with van der Waals surface area (Å²) in [7, 11) is 0. The Kier molecular flexibility index (Phi) is 3.55. The van der Waals surface area contributed by atoms with Gasteiger partial charge in [-0.25, -0.2) is 4.79 Å². The highest BCUT2D eigenvalue weighted by Gasteiger charge is 2.28. The number of nitrogens with two attached hydrogens (primary N) is 1. The molecule has 0 radical (unpaired) electrons. The molecule has 2 fully saturated rings. The summed E-state index contributed by atoms with van der Waals surface area (Å²) in [6.07, 6.45) is 0.846. The van der Waals surface area contributed by atoms with Gasteiger partial charge in [-0.2, -0.15) is 0 Å². The zero-order valence-corrected chi connectivity index (χ0v) is 12.1. The maximum atomic E-state index is 12.6. The quantitative estimate of drug-likeness (QED) is 0.840. The van der Waals surface area contributed by atoms with Crippen molar-refractivity contribution in [1.82, 2.24) is 10.2 Å². The highest BCUT2D eigenvalue weighted by molar-refractivity contribution is 6.00. The fourth-order valence-electron chi connectivity index (χ4n) is 2.99. The monoisotopic (exact) mass is 288 g/mol. The van der Waals surface area contributed by atoms with Gasteiger partial charge in [0.25, 0.3) is 5.91 Å². The molecule has 3 N–H and O–H groups in total. The zero-order valence-electron chi connectivity index (χ0n) is 12.1. The van der Waals surface area contributed by atoms with Crippen molar-refractivity contribution in [3.63, 3.8) is 0 Å². The molecule has 0 saturated carbocycles. The average Bonchev–Trinajstić information content (AvgIpc) is 3.07. The second-order valence-electron chi connectivity index (χ2n) is 5.63. The van der Waals surface area contributed by atoms with Crippen LogP contribution in [0, 0.1) is 6.92 Å². The van der Waals surface area contributed by atoms with Gasteiger partial charge in [0, 0.05) is 43.5 Å². The van der Waals surface area contributed by atoms with Gasteiger partial charge in [-0.05, 0) is 31.0 Å². The van der Waals surface area contributed by atoms with Crippen molar-refractivity contribution in [2.75, 3.05) is 31.1 Å². The van der Waals surface area contributed by atoms with E-state index in [9.17, 15) is 9.59 Å². The standard InChI is InChI=1S/C15H20N4O2/c1-10-12(14(20)18-7-5-11(16)9-18)3-2-4-13(10)19-8-6-17-15(19)21/h2-4,11H,5-9,16H2,1H3,(H,17,21)/t11-/m1/s1. The Balaban J connectivity index is 1.89. The molecule has 112 valence electrons. The first kappa shape index (κ1) is 13.9. The minimum Gasteiger partial charge on any atom is -0.337 e. The first-order valence-corrected chi connectivity index (χ1v) is 7.28. The highest BCUT2D eigenvalue weighted by atomic mass is 16.2. The van der Waals surface area contributed by atoms with Crippen LogP contribution in [0.15, 0.2) is 18.2 Å². The van der Waals surface area contributed by atoms with Crippen molar-refractivity contribution in [3.8, 4) is 0 Å². The van der Waals surface area contributed by atoms with Crippen molar-refractivity contribution in [2.24, 2.45) is 5.73 Å². The molecule has 1 aromatic carbocycles. The van der Waals surface area contributed by atoms with E-state index in [1.165, 1.54) is 0 Å². The molecule has 3 rings (SSSR count). The van der Waals surface area contributed by atoms with E-state index in [-0.39, 0.29) is 18.0 Å². The van der Waals surface area contributed by atoms with Crippen LogP contribution in [-0.4, -0.2) is 49.1 Å². The van der Waals surface area contributed by atoms with E-state index in [1.807, 2.05) is 25.1 Å². The van der Waals surface area contributed by atoms with Crippen LogP contribution in [0.25, 0.3) is 0 Å². The number of anilines is 1. The van der Waals surface area contributed by atoms with Gasteiger partial charge in [-0.1, -0.05) is 6.07 Å². The first-order chi connectivity index (χ1) is 10.1. The summed E-state index contributed by atoms with van der Waals surface area (Å²) in [4.78, 5) is 27.9. The van der Waals surface area contributed by atoms with E-state index in [2.05, 4.69) is 5.32 Å². The topological polar surface area (TPSA) is 78.7 Å². The molecular formula is C15H20N4O2. The van der Waals surface area contributed by atoms with Crippen molar-refractivity contribution in [2.45, 2.75) is 19.4 Å². The molecule has 0 aliphatic carbocycles. The molecule has 21 heavy (non-hydrogen) atoms. The lowest BCUT2D eigenvalue weighted by Gasteiger charge is -2.21. The minimum absolute atomic E-state index is 0.00176. The van der Waals surface area contributed by atoms with E-state index in [1.54, 1.807) is 9.80 Å². The maximum absolute atomic E-state index is 12.6. The third-order valence-corrected chi connectivity index (χ3v) is 4.20. The summed E-state index contributed by atoms with van der Waals surface area (Å²) in [6, 6.07) is 5.50. The minimum atomic E-state index is -0.106. The Morgan fingerprint density at radius 3 is 2.81 bits per heavy atom. The summed E-state index contributed by atoms with van der Waals surface area (Å²) in [5, 5.41) is 2.78. The van der Waals surface area contributed by atoms with Crippen LogP contribution in [0.2, 0.25) is 0 Å². The normalized spacial score (nSPS) is 21.8. The third kappa shape index (κ3) is 2.47. The van der Waals surface area contributed by atoms with Gasteiger partial charge in [0.15, 0.2) is 0 Å². The molecular weight excluding hydrogens is 268 g/mol. The molecule has 1 atom stereocenters. The number of rotatable bonds is 2. The van der Waals surface area contributed by atoms with Crippen LogP contribution in [0.5, 0.6) is 0 Å². The second kappa shape index (κ2) is 5.37. The first-order valence-electron chi connectivity index (χ1n) is 7.28. The summed E-state index contributed by atoms with van der Waals surface area (Å²) in [5.41, 5.74) is 8.18. The van der Waals surface area contributed by atoms with Crippen LogP contribution in [0.4, 0.5) is 10.5 Å². The molecule has 2 aliphatic heterocycles. The molecule has 1 aromatic rings. The molecule has 6 nitrogen and oxygen atoms in total. The van der Waals surface area contributed by atoms with Crippen LogP contribution >= 0.6 is 0 Å². The van der Waals surface area contributed by atoms with Crippen molar-refractivity contribution in [1.29, 1.82) is 0 Å². The Labute approximate surface area is 123 Å². The number of nitrogens with zero attached hydrogens (tertiary/aromatic N) is 2.